The molecule has 2 saturated heterocycles. The van der Waals surface area contributed by atoms with Crippen molar-refractivity contribution in [1.29, 1.82) is 0 Å². The van der Waals surface area contributed by atoms with Gasteiger partial charge < -0.3 is 20.3 Å². The summed E-state index contributed by atoms with van der Waals surface area (Å²) in [5.41, 5.74) is 7.12. The Balaban J connectivity index is 1.85. The van der Waals surface area contributed by atoms with Crippen LogP contribution in [-0.4, -0.2) is 61.8 Å². The second kappa shape index (κ2) is 8.45. The number of thioether (sulfide) groups is 1. The van der Waals surface area contributed by atoms with Gasteiger partial charge in [-0.1, -0.05) is 12.1 Å². The summed E-state index contributed by atoms with van der Waals surface area (Å²) in [5, 5.41) is 1.89. The van der Waals surface area contributed by atoms with Crippen molar-refractivity contribution >= 4 is 40.6 Å². The highest BCUT2D eigenvalue weighted by atomic mass is 32.2. The average Bonchev–Trinajstić information content (AvgIpc) is 2.98. The van der Waals surface area contributed by atoms with Gasteiger partial charge in [0, 0.05) is 44.7 Å². The summed E-state index contributed by atoms with van der Waals surface area (Å²) in [6.07, 6.45) is 2.06. The standard InChI is InChI=1S/C18H22N4O4S/c1-26-13-4-2-3-12(11-14-17(24)20-18(25)27-14)16(13)22-9-7-21(8-10-22)15(23)5-6-19/h2-4,11H,5-10,19H2,1H3,(H,20,24,25). The zero-order valence-corrected chi connectivity index (χ0v) is 15.9. The van der Waals surface area contributed by atoms with Crippen LogP contribution in [0.15, 0.2) is 23.1 Å². The molecule has 0 radical (unpaired) electrons. The highest BCUT2D eigenvalue weighted by Gasteiger charge is 2.27. The number of hydrogen-bond acceptors (Lipinski definition) is 7. The van der Waals surface area contributed by atoms with E-state index in [1.165, 1.54) is 0 Å². The number of anilines is 1. The quantitative estimate of drug-likeness (QED) is 0.723. The normalized spacial score (nSPS) is 18.8. The lowest BCUT2D eigenvalue weighted by Crippen LogP contribution is -2.49. The number of benzene rings is 1. The van der Waals surface area contributed by atoms with Crippen molar-refractivity contribution in [2.45, 2.75) is 6.42 Å². The lowest BCUT2D eigenvalue weighted by Gasteiger charge is -2.37. The molecule has 0 aliphatic carbocycles. The fraction of sp³-hybridized carbons (Fsp3) is 0.389. The zero-order valence-electron chi connectivity index (χ0n) is 15.1. The van der Waals surface area contributed by atoms with E-state index in [4.69, 9.17) is 10.5 Å². The Morgan fingerprint density at radius 3 is 2.63 bits per heavy atom. The minimum absolute atomic E-state index is 0.0667. The maximum Gasteiger partial charge on any atom is 0.290 e. The number of piperazine rings is 1. The first-order valence-corrected chi connectivity index (χ1v) is 9.49. The van der Waals surface area contributed by atoms with Crippen molar-refractivity contribution in [2.75, 3.05) is 44.7 Å². The molecule has 9 heteroatoms. The summed E-state index contributed by atoms with van der Waals surface area (Å²) in [6.45, 7) is 2.83. The summed E-state index contributed by atoms with van der Waals surface area (Å²) in [7, 11) is 1.59. The molecular formula is C18H22N4O4S. The predicted molar refractivity (Wildman–Crippen MR) is 105 cm³/mol. The van der Waals surface area contributed by atoms with Crippen LogP contribution in [0.3, 0.4) is 0 Å². The van der Waals surface area contributed by atoms with Gasteiger partial charge in [-0.3, -0.25) is 19.7 Å². The predicted octanol–water partition coefficient (Wildman–Crippen LogP) is 1.02. The van der Waals surface area contributed by atoms with Crippen LogP contribution in [0.5, 0.6) is 5.75 Å². The number of carbonyl (C=O) groups excluding carboxylic acids is 3. The number of imide groups is 1. The number of nitrogens with two attached hydrogens (primary N) is 1. The van der Waals surface area contributed by atoms with Crippen molar-refractivity contribution in [1.82, 2.24) is 10.2 Å². The number of para-hydroxylation sites is 1. The third-order valence-corrected chi connectivity index (χ3v) is 5.30. The van der Waals surface area contributed by atoms with E-state index in [1.54, 1.807) is 13.2 Å². The van der Waals surface area contributed by atoms with E-state index in [0.717, 1.165) is 23.0 Å². The first-order valence-electron chi connectivity index (χ1n) is 8.68. The summed E-state index contributed by atoms with van der Waals surface area (Å²) in [4.78, 5) is 39.7. The first-order chi connectivity index (χ1) is 13.0. The molecule has 0 aromatic heterocycles. The van der Waals surface area contributed by atoms with Gasteiger partial charge in [0.1, 0.15) is 5.75 Å². The maximum absolute atomic E-state index is 12.0. The van der Waals surface area contributed by atoms with Gasteiger partial charge in [-0.05, 0) is 23.9 Å². The number of nitrogens with one attached hydrogen (secondary N) is 1. The smallest absolute Gasteiger partial charge is 0.290 e. The van der Waals surface area contributed by atoms with E-state index >= 15 is 0 Å². The SMILES string of the molecule is COc1cccc(C=C2SC(=O)NC2=O)c1N1CCN(C(=O)CCN)CC1. The molecule has 2 fully saturated rings. The number of methoxy groups -OCH3 is 1. The Morgan fingerprint density at radius 1 is 1.30 bits per heavy atom. The molecule has 3 N–H and O–H groups in total. The molecule has 0 saturated carbocycles. The van der Waals surface area contributed by atoms with Crippen molar-refractivity contribution in [3.63, 3.8) is 0 Å². The van der Waals surface area contributed by atoms with Gasteiger partial charge in [-0.25, -0.2) is 0 Å². The number of amides is 3. The average molecular weight is 390 g/mol. The van der Waals surface area contributed by atoms with E-state index in [-0.39, 0.29) is 11.1 Å². The Hall–Kier alpha value is -2.52. The highest BCUT2D eigenvalue weighted by molar-refractivity contribution is 8.18. The van der Waals surface area contributed by atoms with Crippen LogP contribution in [0.1, 0.15) is 12.0 Å². The first kappa shape index (κ1) is 19.2. The molecule has 0 atom stereocenters. The molecule has 3 amide bonds. The number of ether oxygens (including phenoxy) is 1. The van der Waals surface area contributed by atoms with Crippen LogP contribution < -0.4 is 20.7 Å². The molecule has 0 spiro atoms. The van der Waals surface area contributed by atoms with Crippen molar-refractivity contribution in [3.8, 4) is 5.75 Å². The van der Waals surface area contributed by atoms with Crippen LogP contribution in [0.2, 0.25) is 0 Å². The van der Waals surface area contributed by atoms with Crippen molar-refractivity contribution < 1.29 is 19.1 Å². The zero-order chi connectivity index (χ0) is 19.4. The minimum atomic E-state index is -0.393. The molecule has 27 heavy (non-hydrogen) atoms. The topological polar surface area (TPSA) is 105 Å². The molecule has 0 unspecified atom stereocenters. The Morgan fingerprint density at radius 2 is 2.04 bits per heavy atom. The van der Waals surface area contributed by atoms with Crippen LogP contribution in [0.4, 0.5) is 10.5 Å². The Labute approximate surface area is 161 Å². The maximum atomic E-state index is 12.0. The molecule has 2 aliphatic heterocycles. The molecule has 8 nitrogen and oxygen atoms in total. The van der Waals surface area contributed by atoms with E-state index in [1.807, 2.05) is 23.1 Å². The fourth-order valence-corrected chi connectivity index (χ4v) is 3.86. The van der Waals surface area contributed by atoms with E-state index < -0.39 is 5.91 Å². The van der Waals surface area contributed by atoms with Crippen LogP contribution in [0, 0.1) is 0 Å². The van der Waals surface area contributed by atoms with Crippen LogP contribution >= 0.6 is 11.8 Å². The molecule has 2 aliphatic rings. The van der Waals surface area contributed by atoms with Crippen molar-refractivity contribution in [2.24, 2.45) is 5.73 Å². The lowest BCUT2D eigenvalue weighted by molar-refractivity contribution is -0.131. The molecule has 3 rings (SSSR count). The third-order valence-electron chi connectivity index (χ3n) is 4.49. The molecule has 2 heterocycles. The van der Waals surface area contributed by atoms with Gasteiger partial charge >= 0.3 is 0 Å². The van der Waals surface area contributed by atoms with Gasteiger partial charge in [-0.2, -0.15) is 0 Å². The molecule has 1 aromatic carbocycles. The second-order valence-corrected chi connectivity index (χ2v) is 7.17. The Bertz CT molecular complexity index is 788. The van der Waals surface area contributed by atoms with Gasteiger partial charge in [0.2, 0.25) is 5.91 Å². The number of hydrogen-bond donors (Lipinski definition) is 2. The fourth-order valence-electron chi connectivity index (χ4n) is 3.18. The largest absolute Gasteiger partial charge is 0.495 e. The van der Waals surface area contributed by atoms with Gasteiger partial charge in [0.25, 0.3) is 11.1 Å². The van der Waals surface area contributed by atoms with Gasteiger partial charge in [-0.15, -0.1) is 0 Å². The molecule has 144 valence electrons. The van der Waals surface area contributed by atoms with Crippen LogP contribution in [-0.2, 0) is 9.59 Å². The van der Waals surface area contributed by atoms with Crippen molar-refractivity contribution in [3.05, 3.63) is 28.7 Å². The second-order valence-electron chi connectivity index (χ2n) is 6.16. The number of nitrogens with zero attached hydrogens (tertiary/aromatic N) is 2. The lowest BCUT2D eigenvalue weighted by atomic mass is 10.1. The summed E-state index contributed by atoms with van der Waals surface area (Å²) < 4.78 is 5.52. The molecular weight excluding hydrogens is 368 g/mol. The summed E-state index contributed by atoms with van der Waals surface area (Å²) in [5.74, 6) is 0.355. The monoisotopic (exact) mass is 390 g/mol. The summed E-state index contributed by atoms with van der Waals surface area (Å²) >= 11 is 0.885. The van der Waals surface area contributed by atoms with Gasteiger partial charge in [0.15, 0.2) is 0 Å². The summed E-state index contributed by atoms with van der Waals surface area (Å²) in [6, 6.07) is 5.58. The van der Waals surface area contributed by atoms with Gasteiger partial charge in [0.05, 0.1) is 17.7 Å². The molecule has 1 aromatic rings. The molecule has 0 bridgehead atoms. The number of carbonyl (C=O) groups is 3. The van der Waals surface area contributed by atoms with Crippen LogP contribution in [0.25, 0.3) is 6.08 Å². The van der Waals surface area contributed by atoms with E-state index in [2.05, 4.69) is 10.2 Å². The van der Waals surface area contributed by atoms with E-state index in [9.17, 15) is 14.4 Å². The Kier molecular flexibility index (Phi) is 6.02. The third kappa shape index (κ3) is 4.25. The highest BCUT2D eigenvalue weighted by Crippen LogP contribution is 2.36. The van der Waals surface area contributed by atoms with E-state index in [0.29, 0.717) is 49.8 Å². The minimum Gasteiger partial charge on any atom is -0.495 e. The number of rotatable bonds is 5.